The number of carbonyl (C=O) groups excluding carboxylic acids is 1. The van der Waals surface area contributed by atoms with Crippen molar-refractivity contribution in [3.63, 3.8) is 0 Å². The van der Waals surface area contributed by atoms with Gasteiger partial charge in [-0.2, -0.15) is 5.26 Å². The van der Waals surface area contributed by atoms with Crippen LogP contribution in [0.3, 0.4) is 0 Å². The summed E-state index contributed by atoms with van der Waals surface area (Å²) in [6, 6.07) is 7.54. The summed E-state index contributed by atoms with van der Waals surface area (Å²) in [5, 5.41) is 11.6. The van der Waals surface area contributed by atoms with Crippen LogP contribution in [-0.4, -0.2) is 25.7 Å². The van der Waals surface area contributed by atoms with Crippen LogP contribution in [0.25, 0.3) is 6.08 Å². The maximum Gasteiger partial charge on any atom is 0.261 e. The molecule has 0 saturated heterocycles. The van der Waals surface area contributed by atoms with Gasteiger partial charge in [0.25, 0.3) is 5.91 Å². The average molecular weight is 276 g/mol. The van der Waals surface area contributed by atoms with Crippen LogP contribution in [0.15, 0.2) is 29.8 Å². The van der Waals surface area contributed by atoms with Gasteiger partial charge in [-0.05, 0) is 37.1 Å². The lowest BCUT2D eigenvalue weighted by atomic mass is 10.1. The Labute approximate surface area is 117 Å². The smallest absolute Gasteiger partial charge is 0.261 e. The zero-order chi connectivity index (χ0) is 14.8. The second kappa shape index (κ2) is 8.83. The fraction of sp³-hybridized carbons (Fsp3) is 0.333. The molecule has 20 heavy (non-hydrogen) atoms. The topological polar surface area (TPSA) is 62.1 Å². The second-order valence-corrected chi connectivity index (χ2v) is 4.03. The monoisotopic (exact) mass is 276 g/mol. The number of carbonyl (C=O) groups is 1. The number of hydrogen-bond donors (Lipinski definition) is 1. The van der Waals surface area contributed by atoms with Crippen LogP contribution in [-0.2, 0) is 9.53 Å². The lowest BCUT2D eigenvalue weighted by Crippen LogP contribution is -2.26. The van der Waals surface area contributed by atoms with Crippen LogP contribution in [0, 0.1) is 17.1 Å². The fourth-order valence-corrected chi connectivity index (χ4v) is 1.53. The van der Waals surface area contributed by atoms with Crippen molar-refractivity contribution < 1.29 is 13.9 Å². The van der Waals surface area contributed by atoms with Gasteiger partial charge in [0.15, 0.2) is 0 Å². The molecule has 0 fully saturated rings. The summed E-state index contributed by atoms with van der Waals surface area (Å²) in [6.45, 7) is 3.53. The molecule has 0 aliphatic rings. The first-order chi connectivity index (χ1) is 9.67. The Morgan fingerprint density at radius 3 is 3.00 bits per heavy atom. The zero-order valence-electron chi connectivity index (χ0n) is 11.4. The molecule has 0 aromatic heterocycles. The van der Waals surface area contributed by atoms with Gasteiger partial charge in [0.2, 0.25) is 0 Å². The first-order valence-electron chi connectivity index (χ1n) is 6.40. The molecule has 0 aliphatic heterocycles. The van der Waals surface area contributed by atoms with Gasteiger partial charge < -0.3 is 10.1 Å². The highest BCUT2D eigenvalue weighted by Crippen LogP contribution is 2.08. The minimum Gasteiger partial charge on any atom is -0.382 e. The van der Waals surface area contributed by atoms with Crippen molar-refractivity contribution in [1.29, 1.82) is 5.26 Å². The summed E-state index contributed by atoms with van der Waals surface area (Å²) in [7, 11) is 0. The zero-order valence-corrected chi connectivity index (χ0v) is 11.4. The summed E-state index contributed by atoms with van der Waals surface area (Å²) in [4.78, 5) is 11.8. The van der Waals surface area contributed by atoms with Gasteiger partial charge in [0.1, 0.15) is 17.5 Å². The van der Waals surface area contributed by atoms with E-state index in [0.29, 0.717) is 31.7 Å². The Morgan fingerprint density at radius 1 is 1.55 bits per heavy atom. The van der Waals surface area contributed by atoms with E-state index in [1.54, 1.807) is 6.07 Å². The average Bonchev–Trinajstić information content (AvgIpc) is 2.44. The highest BCUT2D eigenvalue weighted by molar-refractivity contribution is 6.01. The molecule has 106 valence electrons. The normalized spacial score (nSPS) is 10.9. The molecule has 0 atom stereocenters. The van der Waals surface area contributed by atoms with E-state index in [1.807, 2.05) is 13.0 Å². The molecule has 0 aliphatic carbocycles. The van der Waals surface area contributed by atoms with Crippen molar-refractivity contribution in [3.05, 3.63) is 41.2 Å². The number of ether oxygens (including phenoxy) is 1. The number of nitrogens with zero attached hydrogens (tertiary/aromatic N) is 1. The summed E-state index contributed by atoms with van der Waals surface area (Å²) >= 11 is 0. The van der Waals surface area contributed by atoms with Crippen LogP contribution in [0.1, 0.15) is 18.9 Å². The van der Waals surface area contributed by atoms with Gasteiger partial charge in [-0.15, -0.1) is 0 Å². The molecule has 0 bridgehead atoms. The van der Waals surface area contributed by atoms with Crippen molar-refractivity contribution in [3.8, 4) is 6.07 Å². The first kappa shape index (κ1) is 15.9. The molecule has 1 aromatic carbocycles. The Kier molecular flexibility index (Phi) is 7.01. The summed E-state index contributed by atoms with van der Waals surface area (Å²) in [5.74, 6) is -0.874. The standard InChI is InChI=1S/C15H17FN2O2/c1-2-20-8-4-7-18-15(19)13(11-17)9-12-5-3-6-14(16)10-12/h3,5-6,9-10H,2,4,7-8H2,1H3,(H,18,19)/b13-9-. The van der Waals surface area contributed by atoms with Gasteiger partial charge in [0.05, 0.1) is 0 Å². The number of halogens is 1. The predicted molar refractivity (Wildman–Crippen MR) is 74.1 cm³/mol. The van der Waals surface area contributed by atoms with Crippen molar-refractivity contribution in [2.45, 2.75) is 13.3 Å². The van der Waals surface area contributed by atoms with E-state index >= 15 is 0 Å². The number of hydrogen-bond acceptors (Lipinski definition) is 3. The van der Waals surface area contributed by atoms with Gasteiger partial charge >= 0.3 is 0 Å². The maximum atomic E-state index is 13.0. The molecule has 1 rings (SSSR count). The number of rotatable bonds is 7. The second-order valence-electron chi connectivity index (χ2n) is 4.03. The van der Waals surface area contributed by atoms with Crippen molar-refractivity contribution >= 4 is 12.0 Å². The van der Waals surface area contributed by atoms with E-state index in [0.717, 1.165) is 0 Å². The van der Waals surface area contributed by atoms with E-state index in [-0.39, 0.29) is 5.57 Å². The van der Waals surface area contributed by atoms with E-state index in [1.165, 1.54) is 24.3 Å². The van der Waals surface area contributed by atoms with E-state index < -0.39 is 11.7 Å². The number of amides is 1. The molecular weight excluding hydrogens is 259 g/mol. The molecule has 0 spiro atoms. The minimum atomic E-state index is -0.465. The van der Waals surface area contributed by atoms with Crippen LogP contribution >= 0.6 is 0 Å². The number of nitriles is 1. The Morgan fingerprint density at radius 2 is 2.35 bits per heavy atom. The molecule has 5 heteroatoms. The summed E-state index contributed by atoms with van der Waals surface area (Å²) in [6.07, 6.45) is 2.04. The molecule has 1 N–H and O–H groups in total. The number of benzene rings is 1. The number of nitrogens with one attached hydrogen (secondary N) is 1. The van der Waals surface area contributed by atoms with Crippen molar-refractivity contribution in [1.82, 2.24) is 5.32 Å². The van der Waals surface area contributed by atoms with E-state index in [2.05, 4.69) is 5.32 Å². The fourth-order valence-electron chi connectivity index (χ4n) is 1.53. The van der Waals surface area contributed by atoms with Gasteiger partial charge in [-0.25, -0.2) is 4.39 Å². The minimum absolute atomic E-state index is 0.0491. The molecule has 0 radical (unpaired) electrons. The Balaban J connectivity index is 2.57. The van der Waals surface area contributed by atoms with Gasteiger partial charge in [-0.3, -0.25) is 4.79 Å². The molecule has 1 aromatic rings. The quantitative estimate of drug-likeness (QED) is 0.472. The third-order valence-corrected chi connectivity index (χ3v) is 2.48. The van der Waals surface area contributed by atoms with Crippen LogP contribution in [0.5, 0.6) is 0 Å². The Hall–Kier alpha value is -2.19. The van der Waals surface area contributed by atoms with Gasteiger partial charge in [0, 0.05) is 19.8 Å². The lowest BCUT2D eigenvalue weighted by molar-refractivity contribution is -0.117. The lowest BCUT2D eigenvalue weighted by Gasteiger charge is -2.04. The highest BCUT2D eigenvalue weighted by Gasteiger charge is 2.08. The van der Waals surface area contributed by atoms with Crippen LogP contribution in [0.4, 0.5) is 4.39 Å². The highest BCUT2D eigenvalue weighted by atomic mass is 19.1. The van der Waals surface area contributed by atoms with Crippen molar-refractivity contribution in [2.75, 3.05) is 19.8 Å². The first-order valence-corrected chi connectivity index (χ1v) is 6.40. The molecule has 0 unspecified atom stereocenters. The molecule has 4 nitrogen and oxygen atoms in total. The molecule has 0 heterocycles. The van der Waals surface area contributed by atoms with E-state index in [4.69, 9.17) is 10.00 Å². The summed E-state index contributed by atoms with van der Waals surface area (Å²) < 4.78 is 18.2. The summed E-state index contributed by atoms with van der Waals surface area (Å²) in [5.41, 5.74) is 0.429. The molecule has 0 saturated carbocycles. The predicted octanol–water partition coefficient (Wildman–Crippen LogP) is 2.28. The van der Waals surface area contributed by atoms with Crippen LogP contribution in [0.2, 0.25) is 0 Å². The third-order valence-electron chi connectivity index (χ3n) is 2.48. The van der Waals surface area contributed by atoms with E-state index in [9.17, 15) is 9.18 Å². The third kappa shape index (κ3) is 5.63. The molecular formula is C15H17FN2O2. The van der Waals surface area contributed by atoms with Crippen LogP contribution < -0.4 is 5.32 Å². The molecule has 1 amide bonds. The van der Waals surface area contributed by atoms with Gasteiger partial charge in [-0.1, -0.05) is 12.1 Å². The largest absolute Gasteiger partial charge is 0.382 e. The Bertz CT molecular complexity index is 521. The SMILES string of the molecule is CCOCCCNC(=O)/C(C#N)=C\c1cccc(F)c1. The van der Waals surface area contributed by atoms with Crippen molar-refractivity contribution in [2.24, 2.45) is 0 Å². The maximum absolute atomic E-state index is 13.0.